The highest BCUT2D eigenvalue weighted by atomic mass is 35.5. The Morgan fingerprint density at radius 1 is 1.00 bits per heavy atom. The molecular formula is C20H24ClF2NO3. The molecule has 0 saturated heterocycles. The topological polar surface area (TPSA) is 39.7 Å². The Balaban J connectivity index is 0.00000261. The van der Waals surface area contributed by atoms with Gasteiger partial charge in [0.25, 0.3) is 0 Å². The van der Waals surface area contributed by atoms with Gasteiger partial charge in [-0.1, -0.05) is 18.2 Å². The van der Waals surface area contributed by atoms with Crippen LogP contribution in [0.5, 0.6) is 17.2 Å². The molecule has 0 fully saturated rings. The Bertz CT molecular complexity index is 758. The molecule has 4 nitrogen and oxygen atoms in total. The maximum Gasteiger partial charge on any atom is 0.387 e. The fraction of sp³-hybridized carbons (Fsp3) is 0.400. The van der Waals surface area contributed by atoms with Gasteiger partial charge in [0.2, 0.25) is 0 Å². The van der Waals surface area contributed by atoms with E-state index in [4.69, 9.17) is 14.2 Å². The molecule has 3 rings (SSSR count). The first kappa shape index (κ1) is 21.3. The Kier molecular flexibility index (Phi) is 7.68. The van der Waals surface area contributed by atoms with Crippen molar-refractivity contribution in [3.63, 3.8) is 0 Å². The lowest BCUT2D eigenvalue weighted by Gasteiger charge is -2.29. The molecule has 1 atom stereocenters. The highest BCUT2D eigenvalue weighted by molar-refractivity contribution is 5.85. The minimum Gasteiger partial charge on any atom is -0.490 e. The third-order valence-electron chi connectivity index (χ3n) is 4.31. The zero-order chi connectivity index (χ0) is 18.5. The van der Waals surface area contributed by atoms with E-state index in [1.807, 2.05) is 32.0 Å². The molecule has 27 heavy (non-hydrogen) atoms. The van der Waals surface area contributed by atoms with Crippen LogP contribution in [0.1, 0.15) is 36.6 Å². The number of halogens is 3. The van der Waals surface area contributed by atoms with Gasteiger partial charge in [0.15, 0.2) is 11.5 Å². The van der Waals surface area contributed by atoms with Gasteiger partial charge in [-0.3, -0.25) is 0 Å². The molecule has 7 heteroatoms. The van der Waals surface area contributed by atoms with Crippen molar-refractivity contribution in [2.24, 2.45) is 0 Å². The van der Waals surface area contributed by atoms with Crippen LogP contribution in [0.3, 0.4) is 0 Å². The maximum absolute atomic E-state index is 12.8. The quantitative estimate of drug-likeness (QED) is 0.729. The van der Waals surface area contributed by atoms with Crippen LogP contribution >= 0.6 is 12.4 Å². The predicted octanol–water partition coefficient (Wildman–Crippen LogP) is 4.74. The predicted molar refractivity (Wildman–Crippen MR) is 103 cm³/mol. The third-order valence-corrected chi connectivity index (χ3v) is 4.31. The molecule has 1 unspecified atom stereocenters. The van der Waals surface area contributed by atoms with Crippen LogP contribution in [0.4, 0.5) is 8.78 Å². The van der Waals surface area contributed by atoms with Gasteiger partial charge < -0.3 is 19.5 Å². The standard InChI is InChI=1S/C20H23F2NO3.ClH/c1-3-24-17-11-13-9-10-23-19(15(13)12-18(17)25-4-2)14-7-5-6-8-16(14)26-20(21)22;/h5-8,11-12,19-20,23H,3-4,9-10H2,1-2H3;1H. The zero-order valence-corrected chi connectivity index (χ0v) is 16.2. The molecule has 0 saturated carbocycles. The fourth-order valence-electron chi connectivity index (χ4n) is 3.30. The second-order valence-electron chi connectivity index (χ2n) is 5.92. The van der Waals surface area contributed by atoms with Crippen molar-refractivity contribution >= 4 is 12.4 Å². The number of benzene rings is 2. The van der Waals surface area contributed by atoms with Crippen LogP contribution in [0, 0.1) is 0 Å². The first-order valence-electron chi connectivity index (χ1n) is 8.83. The Labute approximate surface area is 164 Å². The molecule has 0 radical (unpaired) electrons. The van der Waals surface area contributed by atoms with E-state index in [-0.39, 0.29) is 24.2 Å². The van der Waals surface area contributed by atoms with Crippen LogP contribution in [-0.2, 0) is 6.42 Å². The average molecular weight is 400 g/mol. The second-order valence-corrected chi connectivity index (χ2v) is 5.92. The number of ether oxygens (including phenoxy) is 3. The van der Waals surface area contributed by atoms with Gasteiger partial charge in [0.1, 0.15) is 5.75 Å². The third kappa shape index (κ3) is 4.82. The van der Waals surface area contributed by atoms with E-state index in [1.165, 1.54) is 0 Å². The van der Waals surface area contributed by atoms with Crippen molar-refractivity contribution in [3.8, 4) is 17.2 Å². The van der Waals surface area contributed by atoms with Gasteiger partial charge in [-0.25, -0.2) is 0 Å². The molecule has 2 aromatic carbocycles. The normalized spacial score (nSPS) is 15.7. The highest BCUT2D eigenvalue weighted by Gasteiger charge is 2.27. The van der Waals surface area contributed by atoms with E-state index in [9.17, 15) is 8.78 Å². The van der Waals surface area contributed by atoms with Crippen molar-refractivity contribution in [2.45, 2.75) is 32.9 Å². The summed E-state index contributed by atoms with van der Waals surface area (Å²) >= 11 is 0. The summed E-state index contributed by atoms with van der Waals surface area (Å²) < 4.78 is 41.7. The number of rotatable bonds is 7. The first-order chi connectivity index (χ1) is 12.6. The van der Waals surface area contributed by atoms with Crippen LogP contribution in [0.15, 0.2) is 36.4 Å². The van der Waals surface area contributed by atoms with E-state index in [1.54, 1.807) is 18.2 Å². The molecular weight excluding hydrogens is 376 g/mol. The lowest BCUT2D eigenvalue weighted by atomic mass is 9.89. The highest BCUT2D eigenvalue weighted by Crippen LogP contribution is 2.40. The van der Waals surface area contributed by atoms with E-state index < -0.39 is 6.61 Å². The van der Waals surface area contributed by atoms with Crippen LogP contribution in [0.25, 0.3) is 0 Å². The maximum atomic E-state index is 12.8. The van der Waals surface area contributed by atoms with Crippen molar-refractivity contribution < 1.29 is 23.0 Å². The average Bonchev–Trinajstić information content (AvgIpc) is 2.62. The van der Waals surface area contributed by atoms with Gasteiger partial charge in [-0.15, -0.1) is 12.4 Å². The molecule has 0 bridgehead atoms. The molecule has 1 aliphatic heterocycles. The summed E-state index contributed by atoms with van der Waals surface area (Å²) in [7, 11) is 0. The Morgan fingerprint density at radius 2 is 1.67 bits per heavy atom. The molecule has 2 aromatic rings. The van der Waals surface area contributed by atoms with Crippen molar-refractivity contribution in [3.05, 3.63) is 53.1 Å². The van der Waals surface area contributed by atoms with Crippen LogP contribution < -0.4 is 19.5 Å². The minimum absolute atomic E-state index is 0. The number of fused-ring (bicyclic) bond motifs is 1. The van der Waals surface area contributed by atoms with Crippen LogP contribution in [0.2, 0.25) is 0 Å². The summed E-state index contributed by atoms with van der Waals surface area (Å²) in [5.41, 5.74) is 2.79. The van der Waals surface area contributed by atoms with Gasteiger partial charge in [-0.05, 0) is 49.6 Å². The number of hydrogen-bond acceptors (Lipinski definition) is 4. The summed E-state index contributed by atoms with van der Waals surface area (Å²) in [4.78, 5) is 0. The van der Waals surface area contributed by atoms with E-state index in [2.05, 4.69) is 5.32 Å². The number of nitrogens with one attached hydrogen (secondary N) is 1. The van der Waals surface area contributed by atoms with E-state index in [0.29, 0.717) is 30.3 Å². The number of para-hydroxylation sites is 1. The lowest BCUT2D eigenvalue weighted by Crippen LogP contribution is -2.31. The second kappa shape index (κ2) is 9.76. The molecule has 1 heterocycles. The summed E-state index contributed by atoms with van der Waals surface area (Å²) in [6, 6.07) is 10.6. The molecule has 1 N–H and O–H groups in total. The van der Waals surface area contributed by atoms with Crippen molar-refractivity contribution in [1.29, 1.82) is 0 Å². The lowest BCUT2D eigenvalue weighted by molar-refractivity contribution is -0.0506. The van der Waals surface area contributed by atoms with E-state index >= 15 is 0 Å². The van der Waals surface area contributed by atoms with Crippen molar-refractivity contribution in [1.82, 2.24) is 5.32 Å². The van der Waals surface area contributed by atoms with Crippen molar-refractivity contribution in [2.75, 3.05) is 19.8 Å². The SMILES string of the molecule is CCOc1cc2c(cc1OCC)C(c1ccccc1OC(F)F)NCC2.Cl. The summed E-state index contributed by atoms with van der Waals surface area (Å²) in [5.74, 6) is 1.56. The minimum atomic E-state index is -2.86. The number of alkyl halides is 2. The van der Waals surface area contributed by atoms with Gasteiger partial charge >= 0.3 is 6.61 Å². The Hall–Kier alpha value is -2.05. The smallest absolute Gasteiger partial charge is 0.387 e. The molecule has 0 spiro atoms. The Morgan fingerprint density at radius 3 is 2.33 bits per heavy atom. The summed E-state index contributed by atoms with van der Waals surface area (Å²) in [6.07, 6.45) is 0.830. The monoisotopic (exact) mass is 399 g/mol. The largest absolute Gasteiger partial charge is 0.490 e. The first-order valence-corrected chi connectivity index (χ1v) is 8.83. The summed E-state index contributed by atoms with van der Waals surface area (Å²) in [6.45, 7) is 2.78. The van der Waals surface area contributed by atoms with Gasteiger partial charge in [0.05, 0.1) is 19.3 Å². The van der Waals surface area contributed by atoms with Gasteiger partial charge in [-0.2, -0.15) is 8.78 Å². The molecule has 0 amide bonds. The van der Waals surface area contributed by atoms with E-state index in [0.717, 1.165) is 24.1 Å². The molecule has 0 aliphatic carbocycles. The number of hydrogen-bond donors (Lipinski definition) is 1. The summed E-state index contributed by atoms with van der Waals surface area (Å²) in [5, 5.41) is 3.40. The fourth-order valence-corrected chi connectivity index (χ4v) is 3.30. The van der Waals surface area contributed by atoms with Gasteiger partial charge in [0, 0.05) is 12.1 Å². The molecule has 1 aliphatic rings. The molecule has 0 aromatic heterocycles. The molecule has 148 valence electrons. The van der Waals surface area contributed by atoms with Crippen LogP contribution in [-0.4, -0.2) is 26.4 Å². The zero-order valence-electron chi connectivity index (χ0n) is 15.3.